The van der Waals surface area contributed by atoms with E-state index in [1.165, 1.54) is 6.26 Å². The fourth-order valence-electron chi connectivity index (χ4n) is 1.39. The number of rotatable bonds is 4. The lowest BCUT2D eigenvalue weighted by Crippen LogP contribution is -2.21. The monoisotopic (exact) mass is 213 g/mol. The first kappa shape index (κ1) is 11.2. The molecule has 0 aliphatic carbocycles. The van der Waals surface area contributed by atoms with E-state index in [1.807, 2.05) is 30.3 Å². The van der Waals surface area contributed by atoms with Crippen LogP contribution in [0.1, 0.15) is 11.5 Å². The van der Waals surface area contributed by atoms with E-state index < -0.39 is 9.84 Å². The SMILES string of the molecule is CS(=O)(=O)CC(CN)c1ccccc1. The summed E-state index contributed by atoms with van der Waals surface area (Å²) in [4.78, 5) is 0. The molecule has 0 heterocycles. The molecular weight excluding hydrogens is 198 g/mol. The Kier molecular flexibility index (Phi) is 3.66. The van der Waals surface area contributed by atoms with E-state index in [0.29, 0.717) is 6.54 Å². The third kappa shape index (κ3) is 3.47. The quantitative estimate of drug-likeness (QED) is 0.803. The zero-order valence-corrected chi connectivity index (χ0v) is 9.00. The first-order valence-corrected chi connectivity index (χ1v) is 6.51. The molecule has 0 aliphatic heterocycles. The minimum atomic E-state index is -2.96. The van der Waals surface area contributed by atoms with Gasteiger partial charge in [0, 0.05) is 18.7 Å². The summed E-state index contributed by atoms with van der Waals surface area (Å²) in [5.74, 6) is 0.0271. The Balaban J connectivity index is 2.84. The van der Waals surface area contributed by atoms with Crippen molar-refractivity contribution in [3.8, 4) is 0 Å². The second-order valence-corrected chi connectivity index (χ2v) is 5.62. The van der Waals surface area contributed by atoms with Gasteiger partial charge in [0.15, 0.2) is 0 Å². The van der Waals surface area contributed by atoms with Gasteiger partial charge in [0.25, 0.3) is 0 Å². The van der Waals surface area contributed by atoms with Crippen LogP contribution in [0.3, 0.4) is 0 Å². The molecule has 0 amide bonds. The summed E-state index contributed by atoms with van der Waals surface area (Å²) in [6, 6.07) is 9.49. The molecule has 0 aliphatic rings. The molecule has 1 unspecified atom stereocenters. The summed E-state index contributed by atoms with van der Waals surface area (Å²) in [5.41, 5.74) is 6.53. The summed E-state index contributed by atoms with van der Waals surface area (Å²) in [6.07, 6.45) is 1.23. The highest BCUT2D eigenvalue weighted by atomic mass is 32.2. The van der Waals surface area contributed by atoms with Crippen molar-refractivity contribution in [1.82, 2.24) is 0 Å². The Labute approximate surface area is 84.9 Å². The molecular formula is C10H15NO2S. The van der Waals surface area contributed by atoms with Crippen LogP contribution in [-0.2, 0) is 9.84 Å². The molecule has 0 spiro atoms. The lowest BCUT2D eigenvalue weighted by atomic mass is 10.0. The van der Waals surface area contributed by atoms with Gasteiger partial charge in [-0.05, 0) is 5.56 Å². The Hall–Kier alpha value is -0.870. The summed E-state index contributed by atoms with van der Waals surface area (Å²) < 4.78 is 22.2. The molecule has 0 saturated heterocycles. The van der Waals surface area contributed by atoms with Crippen molar-refractivity contribution < 1.29 is 8.42 Å². The molecule has 1 aromatic carbocycles. The molecule has 0 saturated carbocycles. The van der Waals surface area contributed by atoms with Crippen molar-refractivity contribution >= 4 is 9.84 Å². The van der Waals surface area contributed by atoms with E-state index in [1.54, 1.807) is 0 Å². The van der Waals surface area contributed by atoms with Crippen LogP contribution in [0.5, 0.6) is 0 Å². The number of hydrogen-bond acceptors (Lipinski definition) is 3. The van der Waals surface area contributed by atoms with Crippen molar-refractivity contribution in [3.63, 3.8) is 0 Å². The van der Waals surface area contributed by atoms with Crippen molar-refractivity contribution in [3.05, 3.63) is 35.9 Å². The third-order valence-electron chi connectivity index (χ3n) is 2.06. The summed E-state index contributed by atoms with van der Waals surface area (Å²) in [6.45, 7) is 0.358. The highest BCUT2D eigenvalue weighted by Crippen LogP contribution is 2.15. The van der Waals surface area contributed by atoms with Crippen LogP contribution in [0, 0.1) is 0 Å². The van der Waals surface area contributed by atoms with Crippen molar-refractivity contribution in [2.24, 2.45) is 5.73 Å². The van der Waals surface area contributed by atoms with Crippen LogP contribution in [0.25, 0.3) is 0 Å². The van der Waals surface area contributed by atoms with Gasteiger partial charge in [0.1, 0.15) is 9.84 Å². The second kappa shape index (κ2) is 4.57. The van der Waals surface area contributed by atoms with E-state index in [4.69, 9.17) is 5.73 Å². The highest BCUT2D eigenvalue weighted by Gasteiger charge is 2.15. The molecule has 0 fully saturated rings. The van der Waals surface area contributed by atoms with Gasteiger partial charge in [-0.1, -0.05) is 30.3 Å². The molecule has 3 nitrogen and oxygen atoms in total. The van der Waals surface area contributed by atoms with Crippen LogP contribution < -0.4 is 5.73 Å². The summed E-state index contributed by atoms with van der Waals surface area (Å²) in [7, 11) is -2.96. The normalized spacial score (nSPS) is 13.9. The molecule has 1 atom stereocenters. The van der Waals surface area contributed by atoms with E-state index >= 15 is 0 Å². The molecule has 0 bridgehead atoms. The van der Waals surface area contributed by atoms with Gasteiger partial charge in [-0.15, -0.1) is 0 Å². The summed E-state index contributed by atoms with van der Waals surface area (Å²) >= 11 is 0. The largest absolute Gasteiger partial charge is 0.330 e. The maximum Gasteiger partial charge on any atom is 0.148 e. The minimum Gasteiger partial charge on any atom is -0.330 e. The van der Waals surface area contributed by atoms with Gasteiger partial charge in [-0.3, -0.25) is 0 Å². The standard InChI is InChI=1S/C10H15NO2S/c1-14(12,13)8-10(7-11)9-5-3-2-4-6-9/h2-6,10H,7-8,11H2,1H3. The average Bonchev–Trinajstić information content (AvgIpc) is 2.14. The summed E-state index contributed by atoms with van der Waals surface area (Å²) in [5, 5.41) is 0. The van der Waals surface area contributed by atoms with Crippen LogP contribution in [0.2, 0.25) is 0 Å². The fourth-order valence-corrected chi connectivity index (χ4v) is 2.45. The van der Waals surface area contributed by atoms with Gasteiger partial charge in [-0.25, -0.2) is 8.42 Å². The second-order valence-electron chi connectivity index (χ2n) is 3.44. The molecule has 0 aromatic heterocycles. The van der Waals surface area contributed by atoms with Crippen LogP contribution in [-0.4, -0.2) is 27.0 Å². The van der Waals surface area contributed by atoms with Gasteiger partial charge in [0.05, 0.1) is 5.75 Å². The number of sulfone groups is 1. The van der Waals surface area contributed by atoms with Crippen LogP contribution in [0.4, 0.5) is 0 Å². The maximum atomic E-state index is 11.1. The van der Waals surface area contributed by atoms with E-state index in [9.17, 15) is 8.42 Å². The Morgan fingerprint density at radius 1 is 1.29 bits per heavy atom. The number of nitrogens with two attached hydrogens (primary N) is 1. The third-order valence-corrected chi connectivity index (χ3v) is 3.07. The lowest BCUT2D eigenvalue weighted by Gasteiger charge is -2.13. The molecule has 78 valence electrons. The smallest absolute Gasteiger partial charge is 0.148 e. The van der Waals surface area contributed by atoms with Gasteiger partial charge < -0.3 is 5.73 Å². The molecule has 1 rings (SSSR count). The van der Waals surface area contributed by atoms with Crippen LogP contribution in [0.15, 0.2) is 30.3 Å². The topological polar surface area (TPSA) is 60.2 Å². The maximum absolute atomic E-state index is 11.1. The minimum absolute atomic E-state index is 0.0915. The van der Waals surface area contributed by atoms with Gasteiger partial charge >= 0.3 is 0 Å². The zero-order valence-electron chi connectivity index (χ0n) is 8.18. The number of hydrogen-bond donors (Lipinski definition) is 1. The predicted octanol–water partition coefficient (Wildman–Crippen LogP) is 0.773. The molecule has 4 heteroatoms. The number of benzene rings is 1. The van der Waals surface area contributed by atoms with Crippen LogP contribution >= 0.6 is 0 Å². The lowest BCUT2D eigenvalue weighted by molar-refractivity contribution is 0.593. The van der Waals surface area contributed by atoms with Gasteiger partial charge in [0.2, 0.25) is 0 Å². The van der Waals surface area contributed by atoms with E-state index in [-0.39, 0.29) is 11.7 Å². The molecule has 1 aromatic rings. The van der Waals surface area contributed by atoms with Crippen molar-refractivity contribution in [1.29, 1.82) is 0 Å². The zero-order chi connectivity index (χ0) is 10.6. The molecule has 0 radical (unpaired) electrons. The average molecular weight is 213 g/mol. The Morgan fingerprint density at radius 2 is 1.86 bits per heavy atom. The van der Waals surface area contributed by atoms with Crippen molar-refractivity contribution in [2.75, 3.05) is 18.6 Å². The van der Waals surface area contributed by atoms with E-state index in [2.05, 4.69) is 0 Å². The molecule has 14 heavy (non-hydrogen) atoms. The van der Waals surface area contributed by atoms with E-state index in [0.717, 1.165) is 5.56 Å². The first-order chi connectivity index (χ1) is 6.53. The molecule has 2 N–H and O–H groups in total. The first-order valence-electron chi connectivity index (χ1n) is 4.45. The Morgan fingerprint density at radius 3 is 2.29 bits per heavy atom. The van der Waals surface area contributed by atoms with Crippen molar-refractivity contribution in [2.45, 2.75) is 5.92 Å². The predicted molar refractivity (Wildman–Crippen MR) is 57.9 cm³/mol. The fraction of sp³-hybridized carbons (Fsp3) is 0.400. The van der Waals surface area contributed by atoms with Gasteiger partial charge in [-0.2, -0.15) is 0 Å². The highest BCUT2D eigenvalue weighted by molar-refractivity contribution is 7.90. The Bertz CT molecular complexity index is 372.